The number of primary amides is 1. The lowest BCUT2D eigenvalue weighted by Gasteiger charge is -2.31. The molecule has 5 rings (SSSR count). The minimum absolute atomic E-state index is 0.134. The van der Waals surface area contributed by atoms with E-state index in [1.54, 1.807) is 22.6 Å². The van der Waals surface area contributed by atoms with Crippen LogP contribution in [0.2, 0.25) is 0 Å². The zero-order valence-corrected chi connectivity index (χ0v) is 25.0. The number of aromatic nitrogens is 1. The lowest BCUT2D eigenvalue weighted by Crippen LogP contribution is -2.38. The molecule has 9 nitrogen and oxygen atoms in total. The molecule has 3 aromatic rings. The number of nitrogens with zero attached hydrogens (tertiary/aromatic N) is 2. The smallest absolute Gasteiger partial charge is 0.475 e. The van der Waals surface area contributed by atoms with Gasteiger partial charge in [-0.15, -0.1) is 11.3 Å². The van der Waals surface area contributed by atoms with Crippen LogP contribution in [0.1, 0.15) is 72.3 Å². The largest absolute Gasteiger partial charge is 0.490 e. The SMILES string of the molecule is CCS(=O)(=O)N1CCC(c2c[nH]c3c(C(N)=O)cc(-c4csc(C(C)N5CCCC5)c4)cc23)CC1.O=C(O)C(F)(F)F. The van der Waals surface area contributed by atoms with Gasteiger partial charge in [-0.05, 0) is 98.8 Å². The van der Waals surface area contributed by atoms with Crippen molar-refractivity contribution in [3.63, 3.8) is 0 Å². The van der Waals surface area contributed by atoms with Crippen LogP contribution in [0.15, 0.2) is 29.8 Å². The molecule has 0 radical (unpaired) electrons. The van der Waals surface area contributed by atoms with Gasteiger partial charge in [-0.25, -0.2) is 17.5 Å². The summed E-state index contributed by atoms with van der Waals surface area (Å²) in [5, 5.41) is 10.3. The lowest BCUT2D eigenvalue weighted by atomic mass is 9.88. The number of carboxylic acid groups (broad SMARTS) is 1. The van der Waals surface area contributed by atoms with Crippen molar-refractivity contribution in [1.29, 1.82) is 0 Å². The number of carboxylic acids is 1. The van der Waals surface area contributed by atoms with Gasteiger partial charge in [0.1, 0.15) is 0 Å². The summed E-state index contributed by atoms with van der Waals surface area (Å²) in [6.07, 6.45) is 0.947. The van der Waals surface area contributed by atoms with Crippen molar-refractivity contribution in [3.05, 3.63) is 45.8 Å². The average Bonchev–Trinajstić information content (AvgIpc) is 3.73. The van der Waals surface area contributed by atoms with Crippen LogP contribution in [0, 0.1) is 0 Å². The van der Waals surface area contributed by atoms with Crippen molar-refractivity contribution >= 4 is 44.1 Å². The summed E-state index contributed by atoms with van der Waals surface area (Å²) < 4.78 is 57.9. The van der Waals surface area contributed by atoms with Crippen LogP contribution in [-0.2, 0) is 14.8 Å². The Morgan fingerprint density at radius 1 is 1.12 bits per heavy atom. The van der Waals surface area contributed by atoms with Crippen LogP contribution in [0.4, 0.5) is 13.2 Å². The van der Waals surface area contributed by atoms with Gasteiger partial charge < -0.3 is 15.8 Å². The van der Waals surface area contributed by atoms with Crippen LogP contribution in [-0.4, -0.2) is 77.7 Å². The van der Waals surface area contributed by atoms with Gasteiger partial charge in [0.25, 0.3) is 5.91 Å². The molecular weight excluding hydrogens is 593 g/mol. The van der Waals surface area contributed by atoms with E-state index < -0.39 is 28.1 Å². The van der Waals surface area contributed by atoms with E-state index in [1.807, 2.05) is 12.3 Å². The molecular formula is C28H35F3N4O5S2. The third-order valence-electron chi connectivity index (χ3n) is 8.03. The molecule has 1 amide bonds. The second-order valence-corrected chi connectivity index (χ2v) is 13.8. The number of carbonyl (C=O) groups is 2. The van der Waals surface area contributed by atoms with Gasteiger partial charge in [0.05, 0.1) is 16.8 Å². The van der Waals surface area contributed by atoms with Crippen molar-refractivity contribution < 1.29 is 36.3 Å². The predicted octanol–water partition coefficient (Wildman–Crippen LogP) is 5.31. The average molecular weight is 629 g/mol. The molecule has 0 aliphatic carbocycles. The molecule has 4 heterocycles. The summed E-state index contributed by atoms with van der Waals surface area (Å²) in [4.78, 5) is 28.4. The maximum absolute atomic E-state index is 12.4. The number of rotatable bonds is 7. The summed E-state index contributed by atoms with van der Waals surface area (Å²) in [5.41, 5.74) is 10.3. The minimum Gasteiger partial charge on any atom is -0.475 e. The zero-order chi connectivity index (χ0) is 30.8. The Balaban J connectivity index is 0.000000517. The Morgan fingerprint density at radius 2 is 1.74 bits per heavy atom. The molecule has 2 aliphatic rings. The number of fused-ring (bicyclic) bond motifs is 1. The summed E-state index contributed by atoms with van der Waals surface area (Å²) in [6.45, 7) is 7.31. The third kappa shape index (κ3) is 6.99. The number of nitrogens with one attached hydrogen (secondary N) is 1. The van der Waals surface area contributed by atoms with Gasteiger partial charge in [-0.2, -0.15) is 13.2 Å². The number of sulfonamides is 1. The first-order chi connectivity index (χ1) is 19.7. The topological polar surface area (TPSA) is 137 Å². The number of hydrogen-bond acceptors (Lipinski definition) is 6. The number of H-pyrrole nitrogens is 1. The van der Waals surface area contributed by atoms with Crippen molar-refractivity contribution in [3.8, 4) is 11.1 Å². The van der Waals surface area contributed by atoms with Gasteiger partial charge in [-0.1, -0.05) is 0 Å². The number of carbonyl (C=O) groups excluding carboxylic acids is 1. The Labute approximate surface area is 246 Å². The summed E-state index contributed by atoms with van der Waals surface area (Å²) >= 11 is 1.77. The molecule has 2 aromatic heterocycles. The van der Waals surface area contributed by atoms with Crippen molar-refractivity contribution in [2.24, 2.45) is 5.73 Å². The number of halogens is 3. The van der Waals surface area contributed by atoms with E-state index in [1.165, 1.54) is 17.7 Å². The Morgan fingerprint density at radius 3 is 2.29 bits per heavy atom. The molecule has 0 saturated carbocycles. The number of aliphatic carboxylic acids is 1. The molecule has 1 unspecified atom stereocenters. The number of likely N-dealkylation sites (tertiary alicyclic amines) is 1. The number of piperidine rings is 1. The first-order valence-corrected chi connectivity index (χ1v) is 16.3. The van der Waals surface area contributed by atoms with E-state index >= 15 is 0 Å². The molecule has 2 saturated heterocycles. The number of hydrogen-bond donors (Lipinski definition) is 3. The second kappa shape index (κ2) is 12.7. The molecule has 14 heteroatoms. The maximum atomic E-state index is 12.4. The van der Waals surface area contributed by atoms with Gasteiger partial charge in [-0.3, -0.25) is 9.69 Å². The predicted molar refractivity (Wildman–Crippen MR) is 156 cm³/mol. The van der Waals surface area contributed by atoms with Gasteiger partial charge in [0, 0.05) is 35.6 Å². The monoisotopic (exact) mass is 628 g/mol. The lowest BCUT2D eigenvalue weighted by molar-refractivity contribution is -0.192. The third-order valence-corrected chi connectivity index (χ3v) is 11.0. The van der Waals surface area contributed by atoms with Crippen LogP contribution < -0.4 is 5.73 Å². The number of alkyl halides is 3. The summed E-state index contributed by atoms with van der Waals surface area (Å²) in [5.74, 6) is -2.84. The highest BCUT2D eigenvalue weighted by atomic mass is 32.2. The molecule has 4 N–H and O–H groups in total. The highest BCUT2D eigenvalue weighted by Crippen LogP contribution is 2.39. The van der Waals surface area contributed by atoms with Crippen LogP contribution in [0.3, 0.4) is 0 Å². The fourth-order valence-corrected chi connectivity index (χ4v) is 7.75. The molecule has 0 spiro atoms. The fourth-order valence-electron chi connectivity index (χ4n) is 5.61. The molecule has 1 aromatic carbocycles. The highest BCUT2D eigenvalue weighted by Gasteiger charge is 2.38. The Hall–Kier alpha value is -2.94. The van der Waals surface area contributed by atoms with E-state index in [9.17, 15) is 26.4 Å². The number of thiophene rings is 1. The standard InChI is InChI=1S/C26H34N4O3S2.C2HF3O2/c1-3-35(32,33)30-10-6-18(7-11-30)23-15-28-25-21(23)12-19(13-22(25)26(27)31)20-14-24(34-16-20)17(2)29-8-4-5-9-29;3-2(4,5)1(6)7/h12-18,28H,3-11H2,1-2H3,(H2,27,31);(H,6,7). The normalized spacial score (nSPS) is 18.1. The number of nitrogens with two attached hydrogens (primary N) is 1. The van der Waals surface area contributed by atoms with E-state index in [2.05, 4.69) is 34.3 Å². The van der Waals surface area contributed by atoms with E-state index in [-0.39, 0.29) is 11.7 Å². The van der Waals surface area contributed by atoms with E-state index in [0.29, 0.717) is 24.7 Å². The minimum atomic E-state index is -5.08. The first-order valence-electron chi connectivity index (χ1n) is 13.8. The molecule has 0 bridgehead atoms. The Kier molecular flexibility index (Phi) is 9.70. The number of benzene rings is 1. The first kappa shape index (κ1) is 32.0. The van der Waals surface area contributed by atoms with Crippen molar-refractivity contribution in [2.45, 2.75) is 57.7 Å². The van der Waals surface area contributed by atoms with Crippen LogP contribution in [0.5, 0.6) is 0 Å². The van der Waals surface area contributed by atoms with Crippen molar-refractivity contribution in [1.82, 2.24) is 14.2 Å². The number of aromatic amines is 1. The van der Waals surface area contributed by atoms with E-state index in [4.69, 9.17) is 15.6 Å². The second-order valence-electron chi connectivity index (χ2n) is 10.6. The van der Waals surface area contributed by atoms with Gasteiger partial charge >= 0.3 is 12.1 Å². The quantitative estimate of drug-likeness (QED) is 0.324. The van der Waals surface area contributed by atoms with Gasteiger partial charge in [0.15, 0.2) is 0 Å². The fraction of sp³-hybridized carbons (Fsp3) is 0.500. The number of amides is 1. The molecule has 230 valence electrons. The van der Waals surface area contributed by atoms with Crippen molar-refractivity contribution in [2.75, 3.05) is 31.9 Å². The zero-order valence-electron chi connectivity index (χ0n) is 23.4. The Bertz CT molecular complexity index is 1540. The van der Waals surface area contributed by atoms with E-state index in [0.717, 1.165) is 53.5 Å². The molecule has 1 atom stereocenters. The molecule has 42 heavy (non-hydrogen) atoms. The molecule has 2 fully saturated rings. The van der Waals surface area contributed by atoms with Crippen LogP contribution >= 0.6 is 11.3 Å². The summed E-state index contributed by atoms with van der Waals surface area (Å²) in [7, 11) is -3.17. The summed E-state index contributed by atoms with van der Waals surface area (Å²) in [6, 6.07) is 6.70. The molecule has 2 aliphatic heterocycles. The van der Waals surface area contributed by atoms with Gasteiger partial charge in [0.2, 0.25) is 10.0 Å². The maximum Gasteiger partial charge on any atom is 0.490 e. The van der Waals surface area contributed by atoms with Crippen LogP contribution in [0.25, 0.3) is 22.0 Å². The highest BCUT2D eigenvalue weighted by molar-refractivity contribution is 7.89.